The van der Waals surface area contributed by atoms with Crippen molar-refractivity contribution in [2.45, 2.75) is 24.3 Å². The van der Waals surface area contributed by atoms with Crippen LogP contribution < -0.4 is 9.46 Å². The molecule has 1 N–H and O–H groups in total. The van der Waals surface area contributed by atoms with Crippen LogP contribution in [-0.4, -0.2) is 19.9 Å². The molecule has 2 aromatic carbocycles. The zero-order valence-electron chi connectivity index (χ0n) is 12.9. The van der Waals surface area contributed by atoms with Crippen molar-refractivity contribution in [1.82, 2.24) is 4.72 Å². The van der Waals surface area contributed by atoms with E-state index < -0.39 is 21.0 Å². The van der Waals surface area contributed by atoms with Gasteiger partial charge in [-0.15, -0.1) is 0 Å². The summed E-state index contributed by atoms with van der Waals surface area (Å²) < 4.78 is 33.6. The molecule has 0 fully saturated rings. The molecule has 7 nitrogen and oxygen atoms in total. The number of aryl methyl sites for hydroxylation is 1. The van der Waals surface area contributed by atoms with Gasteiger partial charge < -0.3 is 4.74 Å². The molecule has 0 saturated heterocycles. The molecule has 0 aromatic heterocycles. The number of rotatable bonds is 4. The van der Waals surface area contributed by atoms with Gasteiger partial charge in [-0.25, -0.2) is 13.1 Å². The quantitative estimate of drug-likeness (QED) is 0.676. The van der Waals surface area contributed by atoms with Gasteiger partial charge in [0.15, 0.2) is 0 Å². The lowest BCUT2D eigenvalue weighted by Crippen LogP contribution is -2.32. The Morgan fingerprint density at radius 3 is 2.75 bits per heavy atom. The Morgan fingerprint density at radius 1 is 1.25 bits per heavy atom. The van der Waals surface area contributed by atoms with Gasteiger partial charge in [0.1, 0.15) is 5.75 Å². The summed E-state index contributed by atoms with van der Waals surface area (Å²) >= 11 is 0. The lowest BCUT2D eigenvalue weighted by molar-refractivity contribution is -0.385. The van der Waals surface area contributed by atoms with E-state index in [9.17, 15) is 18.5 Å². The van der Waals surface area contributed by atoms with Crippen molar-refractivity contribution in [3.63, 3.8) is 0 Å². The van der Waals surface area contributed by atoms with Gasteiger partial charge in [-0.3, -0.25) is 10.1 Å². The van der Waals surface area contributed by atoms with Crippen molar-refractivity contribution in [1.29, 1.82) is 0 Å². The topological polar surface area (TPSA) is 98.5 Å². The second kappa shape index (κ2) is 6.21. The Morgan fingerprint density at radius 2 is 2.00 bits per heavy atom. The molecule has 0 unspecified atom stereocenters. The minimum Gasteiger partial charge on any atom is -0.493 e. The molecular weight excluding hydrogens is 332 g/mol. The number of hydrogen-bond acceptors (Lipinski definition) is 5. The van der Waals surface area contributed by atoms with Gasteiger partial charge >= 0.3 is 0 Å². The summed E-state index contributed by atoms with van der Waals surface area (Å²) in [6.45, 7) is 2.01. The van der Waals surface area contributed by atoms with Gasteiger partial charge in [0.2, 0.25) is 10.0 Å². The van der Waals surface area contributed by atoms with Gasteiger partial charge in [-0.05, 0) is 18.6 Å². The van der Waals surface area contributed by atoms with E-state index in [4.69, 9.17) is 4.74 Å². The Hall–Kier alpha value is -2.45. The van der Waals surface area contributed by atoms with E-state index in [0.29, 0.717) is 24.3 Å². The van der Waals surface area contributed by atoms with Crippen molar-refractivity contribution in [2.24, 2.45) is 0 Å². The number of hydrogen-bond donors (Lipinski definition) is 1. The second-order valence-electron chi connectivity index (χ2n) is 5.56. The average molecular weight is 348 g/mol. The van der Waals surface area contributed by atoms with Crippen molar-refractivity contribution in [3.8, 4) is 5.75 Å². The number of nitro groups is 1. The Labute approximate surface area is 139 Å². The summed E-state index contributed by atoms with van der Waals surface area (Å²) in [5.41, 5.74) is 0.956. The van der Waals surface area contributed by atoms with Crippen LogP contribution in [-0.2, 0) is 10.0 Å². The number of fused-ring (bicyclic) bond motifs is 1. The molecule has 0 radical (unpaired) electrons. The van der Waals surface area contributed by atoms with Gasteiger partial charge in [0.05, 0.1) is 22.5 Å². The molecule has 1 aliphatic heterocycles. The molecule has 2 aromatic rings. The lowest BCUT2D eigenvalue weighted by Gasteiger charge is -2.26. The number of nitrogens with one attached hydrogen (secondary N) is 1. The van der Waals surface area contributed by atoms with Crippen LogP contribution in [0.25, 0.3) is 0 Å². The number of benzene rings is 2. The fraction of sp³-hybridized carbons (Fsp3) is 0.250. The summed E-state index contributed by atoms with van der Waals surface area (Å²) in [4.78, 5) is 10.2. The van der Waals surface area contributed by atoms with Crippen LogP contribution in [0.1, 0.15) is 23.6 Å². The zero-order chi connectivity index (χ0) is 17.3. The molecule has 0 bridgehead atoms. The van der Waals surface area contributed by atoms with Crippen LogP contribution in [0.4, 0.5) is 5.69 Å². The largest absolute Gasteiger partial charge is 0.493 e. The van der Waals surface area contributed by atoms with E-state index in [1.54, 1.807) is 13.0 Å². The minimum absolute atomic E-state index is 0.0827. The predicted octanol–water partition coefficient (Wildman–Crippen LogP) is 2.71. The summed E-state index contributed by atoms with van der Waals surface area (Å²) in [5.74, 6) is 0.646. The van der Waals surface area contributed by atoms with E-state index in [-0.39, 0.29) is 10.6 Å². The Kier molecular flexibility index (Phi) is 4.25. The molecule has 1 atom stereocenters. The van der Waals surface area contributed by atoms with Crippen LogP contribution in [0, 0.1) is 17.0 Å². The first-order valence-corrected chi connectivity index (χ1v) is 8.86. The standard InChI is InChI=1S/C16H16N2O5S/c1-11-6-7-12(18(19)20)10-16(11)24(21,22)17-14-8-9-23-15-5-3-2-4-13(14)15/h2-7,10,14,17H,8-9H2,1H3/t14-/m0/s1. The number of nitrogens with zero attached hydrogens (tertiary/aromatic N) is 1. The maximum atomic E-state index is 12.7. The summed E-state index contributed by atoms with van der Waals surface area (Å²) in [6.07, 6.45) is 0.490. The summed E-state index contributed by atoms with van der Waals surface area (Å²) in [7, 11) is -3.90. The third-order valence-corrected chi connectivity index (χ3v) is 5.54. The van der Waals surface area contributed by atoms with E-state index in [2.05, 4.69) is 4.72 Å². The lowest BCUT2D eigenvalue weighted by atomic mass is 10.0. The fourth-order valence-corrected chi connectivity index (χ4v) is 4.22. The fourth-order valence-electron chi connectivity index (χ4n) is 2.71. The Bertz CT molecular complexity index is 895. The number of nitro benzene ring substituents is 1. The minimum atomic E-state index is -3.90. The second-order valence-corrected chi connectivity index (χ2v) is 7.24. The Balaban J connectivity index is 1.96. The van der Waals surface area contributed by atoms with Crippen LogP contribution in [0.3, 0.4) is 0 Å². The highest BCUT2D eigenvalue weighted by atomic mass is 32.2. The van der Waals surface area contributed by atoms with E-state index in [0.717, 1.165) is 11.6 Å². The van der Waals surface area contributed by atoms with Crippen LogP contribution >= 0.6 is 0 Å². The van der Waals surface area contributed by atoms with Crippen molar-refractivity contribution in [2.75, 3.05) is 6.61 Å². The first kappa shape index (κ1) is 16.4. The predicted molar refractivity (Wildman–Crippen MR) is 87.4 cm³/mol. The third kappa shape index (κ3) is 3.10. The van der Waals surface area contributed by atoms with Gasteiger partial charge in [-0.1, -0.05) is 24.3 Å². The molecule has 1 heterocycles. The van der Waals surface area contributed by atoms with E-state index >= 15 is 0 Å². The number of non-ortho nitro benzene ring substituents is 1. The molecule has 3 rings (SSSR count). The number of para-hydroxylation sites is 1. The van der Waals surface area contributed by atoms with Gasteiger partial charge in [0, 0.05) is 24.1 Å². The maximum Gasteiger partial charge on any atom is 0.270 e. The van der Waals surface area contributed by atoms with Crippen molar-refractivity contribution < 1.29 is 18.1 Å². The highest BCUT2D eigenvalue weighted by molar-refractivity contribution is 7.89. The van der Waals surface area contributed by atoms with Crippen LogP contribution in [0.15, 0.2) is 47.4 Å². The number of ether oxygens (including phenoxy) is 1. The molecule has 0 spiro atoms. The third-order valence-electron chi connectivity index (χ3n) is 3.93. The molecule has 0 amide bonds. The van der Waals surface area contributed by atoms with Crippen molar-refractivity contribution >= 4 is 15.7 Å². The zero-order valence-corrected chi connectivity index (χ0v) is 13.7. The first-order valence-electron chi connectivity index (χ1n) is 7.37. The maximum absolute atomic E-state index is 12.7. The highest BCUT2D eigenvalue weighted by Gasteiger charge is 2.28. The SMILES string of the molecule is Cc1ccc([N+](=O)[O-])cc1S(=O)(=O)N[C@H]1CCOc2ccccc21. The highest BCUT2D eigenvalue weighted by Crippen LogP contribution is 2.33. The van der Waals surface area contributed by atoms with Crippen LogP contribution in [0.2, 0.25) is 0 Å². The van der Waals surface area contributed by atoms with Crippen molar-refractivity contribution in [3.05, 3.63) is 63.7 Å². The molecule has 126 valence electrons. The van der Waals surface area contributed by atoms with Crippen LogP contribution in [0.5, 0.6) is 5.75 Å². The first-order chi connectivity index (χ1) is 11.4. The van der Waals surface area contributed by atoms with Gasteiger partial charge in [0.25, 0.3) is 5.69 Å². The summed E-state index contributed by atoms with van der Waals surface area (Å²) in [5, 5.41) is 10.9. The van der Waals surface area contributed by atoms with E-state index in [1.807, 2.05) is 18.2 Å². The molecule has 24 heavy (non-hydrogen) atoms. The molecule has 0 saturated carbocycles. The molecular formula is C16H16N2O5S. The summed E-state index contributed by atoms with van der Waals surface area (Å²) in [6, 6.07) is 10.6. The average Bonchev–Trinajstić information content (AvgIpc) is 2.55. The monoisotopic (exact) mass is 348 g/mol. The molecule has 1 aliphatic rings. The smallest absolute Gasteiger partial charge is 0.270 e. The number of sulfonamides is 1. The normalized spacial score (nSPS) is 17.0. The molecule has 8 heteroatoms. The molecule has 0 aliphatic carbocycles. The van der Waals surface area contributed by atoms with E-state index in [1.165, 1.54) is 12.1 Å². The van der Waals surface area contributed by atoms with Gasteiger partial charge in [-0.2, -0.15) is 0 Å².